The predicted octanol–water partition coefficient (Wildman–Crippen LogP) is 1.47. The first-order valence-electron chi connectivity index (χ1n) is 5.21. The molecule has 4 nitrogen and oxygen atoms in total. The fourth-order valence-corrected chi connectivity index (χ4v) is 1.10. The summed E-state index contributed by atoms with van der Waals surface area (Å²) in [6, 6.07) is 2.26. The van der Waals surface area contributed by atoms with Crippen LogP contribution in [0.3, 0.4) is 0 Å². The van der Waals surface area contributed by atoms with Gasteiger partial charge in [-0.1, -0.05) is 0 Å². The lowest BCUT2D eigenvalue weighted by molar-refractivity contribution is -0.138. The minimum Gasteiger partial charge on any atom is -0.462 e. The minimum atomic E-state index is -0.318. The van der Waals surface area contributed by atoms with E-state index in [9.17, 15) is 4.79 Å². The average Bonchev–Trinajstić information content (AvgIpc) is 2.18. The Bertz CT molecular complexity index is 210. The summed E-state index contributed by atoms with van der Waals surface area (Å²) >= 11 is 0. The largest absolute Gasteiger partial charge is 0.462 e. The Morgan fingerprint density at radius 1 is 1.40 bits per heavy atom. The lowest BCUT2D eigenvalue weighted by Crippen LogP contribution is -2.26. The summed E-state index contributed by atoms with van der Waals surface area (Å²) < 4.78 is 4.55. The van der Waals surface area contributed by atoms with Gasteiger partial charge in [0, 0.05) is 5.92 Å². The average molecular weight is 212 g/mol. The molecule has 0 unspecified atom stereocenters. The number of nitrogens with one attached hydrogen (secondary N) is 1. The van der Waals surface area contributed by atoms with Gasteiger partial charge in [0.05, 0.1) is 6.07 Å². The van der Waals surface area contributed by atoms with Gasteiger partial charge in [-0.15, -0.1) is 0 Å². The van der Waals surface area contributed by atoms with E-state index in [0.717, 1.165) is 25.9 Å². The van der Waals surface area contributed by atoms with Crippen molar-refractivity contribution in [3.8, 4) is 6.07 Å². The number of rotatable bonds is 1. The lowest BCUT2D eigenvalue weighted by atomic mass is 10.0. The van der Waals surface area contributed by atoms with E-state index in [4.69, 9.17) is 5.26 Å². The molecule has 1 saturated heterocycles. The summed E-state index contributed by atoms with van der Waals surface area (Å²) in [5.41, 5.74) is -0.318. The van der Waals surface area contributed by atoms with Crippen molar-refractivity contribution < 1.29 is 9.53 Å². The molecule has 0 saturated carbocycles. The van der Waals surface area contributed by atoms with E-state index in [-0.39, 0.29) is 5.60 Å². The summed E-state index contributed by atoms with van der Waals surface area (Å²) in [7, 11) is 0. The smallest absolute Gasteiger partial charge is 0.293 e. The van der Waals surface area contributed by atoms with Crippen molar-refractivity contribution in [2.75, 3.05) is 13.1 Å². The summed E-state index contributed by atoms with van der Waals surface area (Å²) in [6.07, 6.45) is 2.08. The second-order valence-electron chi connectivity index (χ2n) is 4.48. The van der Waals surface area contributed by atoms with Crippen LogP contribution < -0.4 is 5.32 Å². The number of ether oxygens (including phenoxy) is 1. The van der Waals surface area contributed by atoms with Gasteiger partial charge in [-0.05, 0) is 46.7 Å². The number of carbonyl (C=O) groups excluding carboxylic acids is 1. The first-order valence-corrected chi connectivity index (χ1v) is 5.21. The van der Waals surface area contributed by atoms with Crippen molar-refractivity contribution in [2.45, 2.75) is 39.2 Å². The van der Waals surface area contributed by atoms with Gasteiger partial charge >= 0.3 is 0 Å². The maximum atomic E-state index is 9.60. The van der Waals surface area contributed by atoms with Crippen LogP contribution >= 0.6 is 0 Å². The molecule has 0 aromatic carbocycles. The van der Waals surface area contributed by atoms with Crippen molar-refractivity contribution in [3.63, 3.8) is 0 Å². The maximum Gasteiger partial charge on any atom is 0.293 e. The van der Waals surface area contributed by atoms with Gasteiger partial charge in [0.25, 0.3) is 6.47 Å². The molecule has 86 valence electrons. The van der Waals surface area contributed by atoms with Gasteiger partial charge in [0.1, 0.15) is 5.60 Å². The van der Waals surface area contributed by atoms with Gasteiger partial charge < -0.3 is 10.1 Å². The Kier molecular flexibility index (Phi) is 6.72. The molecule has 0 atom stereocenters. The molecule has 0 aromatic heterocycles. The van der Waals surface area contributed by atoms with E-state index in [1.807, 2.05) is 20.8 Å². The number of hydrogen-bond acceptors (Lipinski definition) is 4. The minimum absolute atomic E-state index is 0.318. The number of nitriles is 1. The van der Waals surface area contributed by atoms with Crippen LogP contribution in [-0.2, 0) is 9.53 Å². The Morgan fingerprint density at radius 2 is 1.93 bits per heavy atom. The normalized spacial score (nSPS) is 16.9. The van der Waals surface area contributed by atoms with Crippen molar-refractivity contribution in [3.05, 3.63) is 0 Å². The Balaban J connectivity index is 0.000000265. The summed E-state index contributed by atoms with van der Waals surface area (Å²) in [5.74, 6) is 0.330. The number of hydrogen-bond donors (Lipinski definition) is 1. The molecule has 0 amide bonds. The highest BCUT2D eigenvalue weighted by Gasteiger charge is 2.10. The van der Waals surface area contributed by atoms with Crippen LogP contribution in [0.4, 0.5) is 0 Å². The molecule has 1 heterocycles. The zero-order chi connectivity index (χ0) is 11.7. The number of carbonyl (C=O) groups is 1. The van der Waals surface area contributed by atoms with Gasteiger partial charge in [-0.3, -0.25) is 4.79 Å². The zero-order valence-electron chi connectivity index (χ0n) is 9.75. The molecule has 1 N–H and O–H groups in total. The maximum absolute atomic E-state index is 9.60. The van der Waals surface area contributed by atoms with Crippen molar-refractivity contribution in [1.82, 2.24) is 5.32 Å². The van der Waals surface area contributed by atoms with Crippen LogP contribution in [0.5, 0.6) is 0 Å². The van der Waals surface area contributed by atoms with Crippen molar-refractivity contribution in [1.29, 1.82) is 5.26 Å². The molecule has 0 radical (unpaired) electrons. The second-order valence-corrected chi connectivity index (χ2v) is 4.48. The van der Waals surface area contributed by atoms with E-state index >= 15 is 0 Å². The molecule has 0 aliphatic carbocycles. The van der Waals surface area contributed by atoms with Crippen molar-refractivity contribution in [2.24, 2.45) is 5.92 Å². The fraction of sp³-hybridized carbons (Fsp3) is 0.818. The predicted molar refractivity (Wildman–Crippen MR) is 58.1 cm³/mol. The van der Waals surface area contributed by atoms with E-state index < -0.39 is 0 Å². The van der Waals surface area contributed by atoms with Crippen LogP contribution in [0, 0.1) is 17.2 Å². The fourth-order valence-electron chi connectivity index (χ4n) is 1.10. The van der Waals surface area contributed by atoms with Crippen LogP contribution in [0.2, 0.25) is 0 Å². The molecule has 1 aliphatic rings. The van der Waals surface area contributed by atoms with Gasteiger partial charge in [0.2, 0.25) is 0 Å². The monoisotopic (exact) mass is 212 g/mol. The lowest BCUT2D eigenvalue weighted by Gasteiger charge is -2.15. The highest BCUT2D eigenvalue weighted by molar-refractivity contribution is 5.37. The first-order chi connectivity index (χ1) is 6.99. The van der Waals surface area contributed by atoms with Crippen LogP contribution in [-0.4, -0.2) is 25.2 Å². The third-order valence-corrected chi connectivity index (χ3v) is 1.92. The molecule has 4 heteroatoms. The van der Waals surface area contributed by atoms with Crippen LogP contribution in [0.15, 0.2) is 0 Å². The third-order valence-electron chi connectivity index (χ3n) is 1.92. The summed E-state index contributed by atoms with van der Waals surface area (Å²) in [6.45, 7) is 7.97. The molecule has 0 spiro atoms. The van der Waals surface area contributed by atoms with Gasteiger partial charge in [0.15, 0.2) is 0 Å². The highest BCUT2D eigenvalue weighted by atomic mass is 16.5. The topological polar surface area (TPSA) is 62.1 Å². The molecule has 1 rings (SSSR count). The summed E-state index contributed by atoms with van der Waals surface area (Å²) in [5, 5.41) is 11.6. The Labute approximate surface area is 91.6 Å². The Hall–Kier alpha value is -1.08. The van der Waals surface area contributed by atoms with Crippen molar-refractivity contribution >= 4 is 6.47 Å². The number of nitrogens with zero attached hydrogens (tertiary/aromatic N) is 1. The zero-order valence-corrected chi connectivity index (χ0v) is 9.75. The molecule has 0 aromatic rings. The van der Waals surface area contributed by atoms with Gasteiger partial charge in [-0.25, -0.2) is 0 Å². The van der Waals surface area contributed by atoms with Crippen LogP contribution in [0.1, 0.15) is 33.6 Å². The van der Waals surface area contributed by atoms with Crippen LogP contribution in [0.25, 0.3) is 0 Å². The van der Waals surface area contributed by atoms with E-state index in [1.54, 1.807) is 0 Å². The highest BCUT2D eigenvalue weighted by Crippen LogP contribution is 2.08. The second kappa shape index (κ2) is 7.24. The molecular formula is C11H20N2O2. The van der Waals surface area contributed by atoms with E-state index in [2.05, 4.69) is 16.1 Å². The van der Waals surface area contributed by atoms with E-state index in [0.29, 0.717) is 12.4 Å². The molecular weight excluding hydrogens is 192 g/mol. The van der Waals surface area contributed by atoms with E-state index in [1.165, 1.54) is 0 Å². The molecule has 0 bridgehead atoms. The molecule has 1 fully saturated rings. The SMILES string of the molecule is CC(C)(C)OC=O.N#CC1CCNCC1. The summed E-state index contributed by atoms with van der Waals surface area (Å²) in [4.78, 5) is 9.60. The standard InChI is InChI=1S/C6H10N2.C5H10O2/c7-5-6-1-3-8-4-2-6;1-5(2,3)7-4-6/h6,8H,1-4H2;4H,1-3H3. The Morgan fingerprint density at radius 3 is 2.13 bits per heavy atom. The molecule has 15 heavy (non-hydrogen) atoms. The first kappa shape index (κ1) is 13.9. The van der Waals surface area contributed by atoms with Gasteiger partial charge in [-0.2, -0.15) is 5.26 Å². The molecule has 1 aliphatic heterocycles. The number of piperidine rings is 1. The third kappa shape index (κ3) is 9.23. The quantitative estimate of drug-likeness (QED) is 0.668.